The summed E-state index contributed by atoms with van der Waals surface area (Å²) in [6.45, 7) is 1.17. The largest absolute Gasteiger partial charge is 0.332 e. The van der Waals surface area contributed by atoms with Gasteiger partial charge in [-0.1, -0.05) is 0 Å². The predicted molar refractivity (Wildman–Crippen MR) is 89.1 cm³/mol. The fourth-order valence-corrected chi connectivity index (χ4v) is 5.61. The summed E-state index contributed by atoms with van der Waals surface area (Å²) in [5.74, 6) is 0.509. The van der Waals surface area contributed by atoms with Crippen LogP contribution in [0, 0.1) is 0 Å². The normalized spacial score (nSPS) is 25.7. The first-order valence-electron chi connectivity index (χ1n) is 7.97. The quantitative estimate of drug-likeness (QED) is 0.690. The lowest BCUT2D eigenvalue weighted by Gasteiger charge is -2.42. The number of hydrogen-bond donors (Lipinski definition) is 0. The molecule has 0 bridgehead atoms. The molecule has 4 heterocycles. The standard InChI is InChI=1S/C15H18N6O3S/c1-19-4-5-21(13-8-25(23,24)7-12(13)19)15(22)11-2-3-16-14(6-11)20-9-17-18-10-20/h2-3,6,9-10,12-13H,4-5,7-8H2,1H3/t12-,13+/m0/s1. The number of hydrogen-bond acceptors (Lipinski definition) is 7. The van der Waals surface area contributed by atoms with E-state index in [1.54, 1.807) is 27.8 Å². The highest BCUT2D eigenvalue weighted by Gasteiger charge is 2.47. The van der Waals surface area contributed by atoms with Crippen LogP contribution in [-0.2, 0) is 9.84 Å². The third kappa shape index (κ3) is 2.91. The number of rotatable bonds is 2. The average Bonchev–Trinajstić information content (AvgIpc) is 3.22. The lowest BCUT2D eigenvalue weighted by Crippen LogP contribution is -2.59. The number of nitrogens with zero attached hydrogens (tertiary/aromatic N) is 6. The lowest BCUT2D eigenvalue weighted by atomic mass is 10.0. The number of aromatic nitrogens is 4. The molecular formula is C15H18N6O3S. The predicted octanol–water partition coefficient (Wildman–Crippen LogP) is -0.784. The Labute approximate surface area is 145 Å². The van der Waals surface area contributed by atoms with Gasteiger partial charge >= 0.3 is 0 Å². The fraction of sp³-hybridized carbons (Fsp3) is 0.467. The van der Waals surface area contributed by atoms with E-state index in [9.17, 15) is 13.2 Å². The molecule has 0 radical (unpaired) electrons. The molecule has 2 saturated heterocycles. The number of amides is 1. The Morgan fingerprint density at radius 2 is 1.88 bits per heavy atom. The van der Waals surface area contributed by atoms with Crippen molar-refractivity contribution in [2.45, 2.75) is 12.1 Å². The molecule has 10 heteroatoms. The van der Waals surface area contributed by atoms with Gasteiger partial charge in [-0.05, 0) is 19.2 Å². The number of fused-ring (bicyclic) bond motifs is 1. The zero-order valence-corrected chi connectivity index (χ0v) is 14.5. The van der Waals surface area contributed by atoms with Crippen molar-refractivity contribution < 1.29 is 13.2 Å². The van der Waals surface area contributed by atoms with Gasteiger partial charge in [0.25, 0.3) is 5.91 Å². The molecule has 2 atom stereocenters. The van der Waals surface area contributed by atoms with Gasteiger partial charge in [0.1, 0.15) is 18.5 Å². The van der Waals surface area contributed by atoms with Crippen molar-refractivity contribution in [3.63, 3.8) is 0 Å². The molecule has 0 spiro atoms. The van der Waals surface area contributed by atoms with Crippen LogP contribution in [0.3, 0.4) is 0 Å². The zero-order chi connectivity index (χ0) is 17.6. The van der Waals surface area contributed by atoms with E-state index >= 15 is 0 Å². The van der Waals surface area contributed by atoms with Crippen molar-refractivity contribution in [3.8, 4) is 5.82 Å². The number of likely N-dealkylation sites (N-methyl/N-ethyl adjacent to an activating group) is 1. The molecule has 0 aromatic carbocycles. The smallest absolute Gasteiger partial charge is 0.254 e. The molecule has 9 nitrogen and oxygen atoms in total. The van der Waals surface area contributed by atoms with Gasteiger partial charge in [-0.3, -0.25) is 14.3 Å². The Morgan fingerprint density at radius 3 is 2.64 bits per heavy atom. The highest BCUT2D eigenvalue weighted by molar-refractivity contribution is 7.91. The summed E-state index contributed by atoms with van der Waals surface area (Å²) in [7, 11) is -1.21. The molecule has 2 aliphatic rings. The molecule has 0 saturated carbocycles. The van der Waals surface area contributed by atoms with Crippen LogP contribution in [0.1, 0.15) is 10.4 Å². The Hall–Kier alpha value is -2.33. The maximum Gasteiger partial charge on any atom is 0.254 e. The lowest BCUT2D eigenvalue weighted by molar-refractivity contribution is 0.0410. The Morgan fingerprint density at radius 1 is 1.16 bits per heavy atom. The van der Waals surface area contributed by atoms with Crippen molar-refractivity contribution >= 4 is 15.7 Å². The molecular weight excluding hydrogens is 344 g/mol. The van der Waals surface area contributed by atoms with Gasteiger partial charge < -0.3 is 4.90 Å². The van der Waals surface area contributed by atoms with E-state index in [0.29, 0.717) is 24.5 Å². The molecule has 1 amide bonds. The van der Waals surface area contributed by atoms with Crippen LogP contribution >= 0.6 is 0 Å². The van der Waals surface area contributed by atoms with Gasteiger partial charge in [0.15, 0.2) is 9.84 Å². The fourth-order valence-electron chi connectivity index (χ4n) is 3.56. The first-order valence-corrected chi connectivity index (χ1v) is 9.79. The minimum atomic E-state index is -3.12. The van der Waals surface area contributed by atoms with Crippen molar-refractivity contribution in [3.05, 3.63) is 36.5 Å². The van der Waals surface area contributed by atoms with Gasteiger partial charge in [-0.25, -0.2) is 13.4 Å². The summed E-state index contributed by atoms with van der Waals surface area (Å²) in [5, 5.41) is 7.47. The molecule has 132 valence electrons. The maximum absolute atomic E-state index is 13.0. The zero-order valence-electron chi connectivity index (χ0n) is 13.7. The van der Waals surface area contributed by atoms with Crippen LogP contribution in [0.25, 0.3) is 5.82 Å². The highest BCUT2D eigenvalue weighted by Crippen LogP contribution is 2.27. The summed E-state index contributed by atoms with van der Waals surface area (Å²) in [6.07, 6.45) is 4.57. The molecule has 25 heavy (non-hydrogen) atoms. The van der Waals surface area contributed by atoms with Crippen LogP contribution in [-0.4, -0.2) is 87.6 Å². The molecule has 0 aliphatic carbocycles. The minimum Gasteiger partial charge on any atom is -0.332 e. The molecule has 0 unspecified atom stereocenters. The van der Waals surface area contributed by atoms with Gasteiger partial charge in [-0.2, -0.15) is 0 Å². The summed E-state index contributed by atoms with van der Waals surface area (Å²) in [5.41, 5.74) is 0.478. The number of piperazine rings is 1. The number of carbonyl (C=O) groups excluding carboxylic acids is 1. The van der Waals surface area contributed by atoms with Crippen LogP contribution in [0.15, 0.2) is 31.0 Å². The van der Waals surface area contributed by atoms with E-state index in [-0.39, 0.29) is 29.5 Å². The van der Waals surface area contributed by atoms with E-state index < -0.39 is 9.84 Å². The third-order valence-corrected chi connectivity index (χ3v) is 6.59. The Bertz CT molecular complexity index is 898. The van der Waals surface area contributed by atoms with E-state index in [1.807, 2.05) is 11.9 Å². The summed E-state index contributed by atoms with van der Waals surface area (Å²) < 4.78 is 25.7. The summed E-state index contributed by atoms with van der Waals surface area (Å²) in [6, 6.07) is 2.87. The Kier molecular flexibility index (Phi) is 3.80. The van der Waals surface area contributed by atoms with Gasteiger partial charge in [0.05, 0.1) is 17.5 Å². The molecule has 2 aliphatic heterocycles. The van der Waals surface area contributed by atoms with E-state index in [2.05, 4.69) is 15.2 Å². The third-order valence-electron chi connectivity index (χ3n) is 4.89. The van der Waals surface area contributed by atoms with Crippen molar-refractivity contribution in [1.82, 2.24) is 29.5 Å². The molecule has 2 aromatic heterocycles. The van der Waals surface area contributed by atoms with Crippen molar-refractivity contribution in [1.29, 1.82) is 0 Å². The summed E-state index contributed by atoms with van der Waals surface area (Å²) >= 11 is 0. The topological polar surface area (TPSA) is 101 Å². The second kappa shape index (κ2) is 5.88. The molecule has 4 rings (SSSR count). The average molecular weight is 362 g/mol. The van der Waals surface area contributed by atoms with Crippen LogP contribution in [0.4, 0.5) is 0 Å². The highest BCUT2D eigenvalue weighted by atomic mass is 32.2. The molecule has 2 aromatic rings. The van der Waals surface area contributed by atoms with Crippen molar-refractivity contribution in [2.75, 3.05) is 31.6 Å². The van der Waals surface area contributed by atoms with E-state index in [1.165, 1.54) is 12.7 Å². The minimum absolute atomic E-state index is 0.0249. The number of sulfone groups is 1. The van der Waals surface area contributed by atoms with Crippen LogP contribution in [0.2, 0.25) is 0 Å². The monoisotopic (exact) mass is 362 g/mol. The second-order valence-corrected chi connectivity index (χ2v) is 8.62. The first kappa shape index (κ1) is 16.2. The SMILES string of the molecule is CN1CCN(C(=O)c2ccnc(-n3cnnc3)c2)[C@@H]2CS(=O)(=O)C[C@@H]21. The molecule has 2 fully saturated rings. The van der Waals surface area contributed by atoms with Crippen LogP contribution in [0.5, 0.6) is 0 Å². The van der Waals surface area contributed by atoms with E-state index in [0.717, 1.165) is 0 Å². The van der Waals surface area contributed by atoms with E-state index in [4.69, 9.17) is 0 Å². The Balaban J connectivity index is 1.64. The van der Waals surface area contributed by atoms with Gasteiger partial charge in [0.2, 0.25) is 0 Å². The van der Waals surface area contributed by atoms with Gasteiger partial charge in [-0.15, -0.1) is 10.2 Å². The second-order valence-electron chi connectivity index (χ2n) is 6.46. The summed E-state index contributed by atoms with van der Waals surface area (Å²) in [4.78, 5) is 21.0. The number of carbonyl (C=O) groups is 1. The maximum atomic E-state index is 13.0. The van der Waals surface area contributed by atoms with Crippen molar-refractivity contribution in [2.24, 2.45) is 0 Å². The number of pyridine rings is 1. The molecule has 0 N–H and O–H groups in total. The van der Waals surface area contributed by atoms with Gasteiger partial charge in [0, 0.05) is 30.9 Å². The first-order chi connectivity index (χ1) is 11.9. The van der Waals surface area contributed by atoms with Crippen LogP contribution < -0.4 is 0 Å².